The molecule has 0 saturated carbocycles. The molecule has 1 aromatic carbocycles. The molecule has 2 aliphatic rings. The zero-order valence-electron chi connectivity index (χ0n) is 16.7. The summed E-state index contributed by atoms with van der Waals surface area (Å²) in [4.78, 5) is 27.5. The molecule has 1 aromatic rings. The number of hydrogen-bond donors (Lipinski definition) is 1. The number of anilines is 1. The lowest BCUT2D eigenvalue weighted by Crippen LogP contribution is -2.44. The lowest BCUT2D eigenvalue weighted by molar-refractivity contribution is -0.140. The number of aryl methyl sites for hydroxylation is 1. The lowest BCUT2D eigenvalue weighted by Gasteiger charge is -2.43. The molecular weight excluding hydrogens is 392 g/mol. The average molecular weight is 417 g/mol. The molecule has 0 aliphatic carbocycles. The van der Waals surface area contributed by atoms with Crippen molar-refractivity contribution >= 4 is 57.5 Å². The minimum absolute atomic E-state index is 0.0565. The molecule has 0 unspecified atom stereocenters. The Morgan fingerprint density at radius 2 is 2.00 bits per heavy atom. The van der Waals surface area contributed by atoms with Crippen molar-refractivity contribution in [3.05, 3.63) is 39.8 Å². The quantitative estimate of drug-likeness (QED) is 0.583. The summed E-state index contributed by atoms with van der Waals surface area (Å²) in [7, 11) is 0. The van der Waals surface area contributed by atoms with E-state index in [4.69, 9.17) is 17.3 Å². The number of aliphatic carboxylic acids is 1. The topological polar surface area (TPSA) is 60.9 Å². The number of rotatable bonds is 4. The Balaban J connectivity index is 2.03. The normalized spacial score (nSPS) is 19.9. The number of carboxylic acid groups (broad SMARTS) is 1. The SMILES string of the molecule is CCN1c2cc(C)c(/C=C3\SC(=S)N(CC(=O)O)C3=O)cc2C(C)=CC1(C)C. The first-order valence-corrected chi connectivity index (χ1v) is 10.4. The molecule has 5 nitrogen and oxygen atoms in total. The minimum Gasteiger partial charge on any atom is -0.480 e. The van der Waals surface area contributed by atoms with Crippen LogP contribution in [0.2, 0.25) is 0 Å². The van der Waals surface area contributed by atoms with Crippen molar-refractivity contribution in [2.75, 3.05) is 18.0 Å². The van der Waals surface area contributed by atoms with Crippen molar-refractivity contribution in [2.45, 2.75) is 40.2 Å². The number of fused-ring (bicyclic) bond motifs is 1. The van der Waals surface area contributed by atoms with Crippen LogP contribution in [0.15, 0.2) is 23.1 Å². The number of likely N-dealkylation sites (N-methyl/N-ethyl adjacent to an activating group) is 1. The number of allylic oxidation sites excluding steroid dienone is 1. The fourth-order valence-corrected chi connectivity index (χ4v) is 5.14. The number of carbonyl (C=O) groups excluding carboxylic acids is 1. The number of carbonyl (C=O) groups is 2. The molecule has 3 rings (SSSR count). The first-order valence-electron chi connectivity index (χ1n) is 9.14. The molecule has 0 aromatic heterocycles. The molecule has 1 saturated heterocycles. The smallest absolute Gasteiger partial charge is 0.323 e. The highest BCUT2D eigenvalue weighted by molar-refractivity contribution is 8.26. The van der Waals surface area contributed by atoms with Crippen LogP contribution in [0, 0.1) is 6.92 Å². The largest absolute Gasteiger partial charge is 0.480 e. The van der Waals surface area contributed by atoms with E-state index in [1.807, 2.05) is 13.0 Å². The van der Waals surface area contributed by atoms with E-state index in [0.717, 1.165) is 39.9 Å². The molecule has 0 spiro atoms. The van der Waals surface area contributed by atoms with Crippen LogP contribution in [0.1, 0.15) is 44.4 Å². The van der Waals surface area contributed by atoms with Crippen LogP contribution in [0.25, 0.3) is 11.6 Å². The van der Waals surface area contributed by atoms with E-state index in [2.05, 4.69) is 50.8 Å². The Bertz CT molecular complexity index is 947. The Kier molecular flexibility index (Phi) is 5.42. The van der Waals surface area contributed by atoms with Gasteiger partial charge in [0.2, 0.25) is 0 Å². The van der Waals surface area contributed by atoms with Gasteiger partial charge in [-0.25, -0.2) is 0 Å². The van der Waals surface area contributed by atoms with Crippen molar-refractivity contribution in [3.8, 4) is 0 Å². The van der Waals surface area contributed by atoms with Crippen LogP contribution in [-0.2, 0) is 9.59 Å². The Morgan fingerprint density at radius 3 is 2.61 bits per heavy atom. The summed E-state index contributed by atoms with van der Waals surface area (Å²) in [5.41, 5.74) is 5.50. The van der Waals surface area contributed by atoms with Gasteiger partial charge in [0, 0.05) is 17.8 Å². The van der Waals surface area contributed by atoms with E-state index in [1.54, 1.807) is 0 Å². The first-order chi connectivity index (χ1) is 13.0. The van der Waals surface area contributed by atoms with Crippen LogP contribution < -0.4 is 4.90 Å². The highest BCUT2D eigenvalue weighted by Gasteiger charge is 2.34. The fourth-order valence-electron chi connectivity index (χ4n) is 3.89. The van der Waals surface area contributed by atoms with Crippen LogP contribution in [0.4, 0.5) is 5.69 Å². The molecule has 7 heteroatoms. The second kappa shape index (κ2) is 7.37. The molecular formula is C21H24N2O3S2. The zero-order valence-corrected chi connectivity index (χ0v) is 18.3. The van der Waals surface area contributed by atoms with Crippen LogP contribution in [0.3, 0.4) is 0 Å². The average Bonchev–Trinajstić information content (AvgIpc) is 2.83. The number of carboxylic acids is 1. The zero-order chi connectivity index (χ0) is 20.8. The number of amides is 1. The van der Waals surface area contributed by atoms with Gasteiger partial charge in [-0.2, -0.15) is 0 Å². The summed E-state index contributed by atoms with van der Waals surface area (Å²) in [6.45, 7) is 11.2. The van der Waals surface area contributed by atoms with Gasteiger partial charge < -0.3 is 10.0 Å². The highest BCUT2D eigenvalue weighted by Crippen LogP contribution is 2.41. The number of nitrogens with zero attached hydrogens (tertiary/aromatic N) is 2. The third kappa shape index (κ3) is 3.61. The van der Waals surface area contributed by atoms with E-state index in [0.29, 0.717) is 4.91 Å². The predicted octanol–water partition coefficient (Wildman–Crippen LogP) is 4.30. The number of thiocarbonyl (C=S) groups is 1. The summed E-state index contributed by atoms with van der Waals surface area (Å²) >= 11 is 6.33. The van der Waals surface area contributed by atoms with E-state index in [-0.39, 0.29) is 15.8 Å². The van der Waals surface area contributed by atoms with Crippen molar-refractivity contribution in [2.24, 2.45) is 0 Å². The van der Waals surface area contributed by atoms with Gasteiger partial charge >= 0.3 is 5.97 Å². The molecule has 1 amide bonds. The standard InChI is InChI=1S/C21H24N2O3S2/c1-6-23-16-7-12(2)14(8-15(16)13(3)10-21(23,4)5)9-17-19(26)22(11-18(24)25)20(27)28-17/h7-10H,6,11H2,1-5H3,(H,24,25)/b17-9-. The first kappa shape index (κ1) is 20.6. The summed E-state index contributed by atoms with van der Waals surface area (Å²) in [6.07, 6.45) is 4.09. The molecule has 148 valence electrons. The molecule has 0 radical (unpaired) electrons. The van der Waals surface area contributed by atoms with Crippen LogP contribution >= 0.6 is 24.0 Å². The van der Waals surface area contributed by atoms with E-state index < -0.39 is 12.5 Å². The number of hydrogen-bond acceptors (Lipinski definition) is 5. The Hall–Kier alpha value is -2.12. The van der Waals surface area contributed by atoms with E-state index in [9.17, 15) is 9.59 Å². The predicted molar refractivity (Wildman–Crippen MR) is 119 cm³/mol. The third-order valence-corrected chi connectivity index (χ3v) is 6.51. The van der Waals surface area contributed by atoms with E-state index in [1.165, 1.54) is 11.3 Å². The summed E-state index contributed by atoms with van der Waals surface area (Å²) in [6, 6.07) is 4.28. The number of benzene rings is 1. The van der Waals surface area contributed by atoms with Gasteiger partial charge in [-0.05, 0) is 69.5 Å². The molecule has 0 atom stereocenters. The van der Waals surface area contributed by atoms with Gasteiger partial charge in [-0.3, -0.25) is 14.5 Å². The monoisotopic (exact) mass is 416 g/mol. The van der Waals surface area contributed by atoms with Crippen molar-refractivity contribution in [3.63, 3.8) is 0 Å². The Labute approximate surface area is 175 Å². The molecule has 0 bridgehead atoms. The summed E-state index contributed by atoms with van der Waals surface area (Å²) in [5.74, 6) is -1.43. The molecule has 2 aliphatic heterocycles. The van der Waals surface area contributed by atoms with Gasteiger partial charge in [-0.1, -0.05) is 30.1 Å². The Morgan fingerprint density at radius 1 is 1.32 bits per heavy atom. The maximum absolute atomic E-state index is 12.6. The summed E-state index contributed by atoms with van der Waals surface area (Å²) in [5, 5.41) is 8.99. The molecule has 1 N–H and O–H groups in total. The molecule has 2 heterocycles. The maximum Gasteiger partial charge on any atom is 0.323 e. The van der Waals surface area contributed by atoms with E-state index >= 15 is 0 Å². The minimum atomic E-state index is -1.08. The maximum atomic E-state index is 12.6. The third-order valence-electron chi connectivity index (χ3n) is 5.14. The second-order valence-corrected chi connectivity index (χ2v) is 9.29. The van der Waals surface area contributed by atoms with Crippen molar-refractivity contribution in [1.82, 2.24) is 4.90 Å². The van der Waals surface area contributed by atoms with Gasteiger partial charge in [0.15, 0.2) is 0 Å². The molecule has 28 heavy (non-hydrogen) atoms. The van der Waals surface area contributed by atoms with Crippen molar-refractivity contribution in [1.29, 1.82) is 0 Å². The second-order valence-electron chi connectivity index (χ2n) is 7.61. The van der Waals surface area contributed by atoms with Gasteiger partial charge in [0.25, 0.3) is 5.91 Å². The van der Waals surface area contributed by atoms with Gasteiger partial charge in [0.1, 0.15) is 10.9 Å². The van der Waals surface area contributed by atoms with Gasteiger partial charge in [-0.15, -0.1) is 0 Å². The fraction of sp³-hybridized carbons (Fsp3) is 0.381. The lowest BCUT2D eigenvalue weighted by atomic mass is 9.87. The van der Waals surface area contributed by atoms with Crippen LogP contribution in [0.5, 0.6) is 0 Å². The van der Waals surface area contributed by atoms with Crippen LogP contribution in [-0.4, -0.2) is 44.8 Å². The van der Waals surface area contributed by atoms with Crippen molar-refractivity contribution < 1.29 is 14.7 Å². The molecule has 1 fully saturated rings. The summed E-state index contributed by atoms with van der Waals surface area (Å²) < 4.78 is 0.282. The van der Waals surface area contributed by atoms with Gasteiger partial charge in [0.05, 0.1) is 10.4 Å². The number of thioether (sulfide) groups is 1. The highest BCUT2D eigenvalue weighted by atomic mass is 32.2.